The van der Waals surface area contributed by atoms with Gasteiger partial charge in [-0.05, 0) is 30.8 Å². The lowest BCUT2D eigenvalue weighted by atomic mass is 10.2. The lowest BCUT2D eigenvalue weighted by molar-refractivity contribution is -0.132. The molecule has 0 amide bonds. The molecule has 0 spiro atoms. The third-order valence-electron chi connectivity index (χ3n) is 7.70. The van der Waals surface area contributed by atoms with E-state index in [-0.39, 0.29) is 10.1 Å². The molecule has 0 saturated carbocycles. The maximum atomic E-state index is 13.6. The van der Waals surface area contributed by atoms with Crippen LogP contribution in [0.3, 0.4) is 0 Å². The van der Waals surface area contributed by atoms with E-state index in [0.717, 1.165) is 20.7 Å². The van der Waals surface area contributed by atoms with Crippen LogP contribution in [-0.4, -0.2) is 28.6 Å². The Labute approximate surface area is 252 Å². The van der Waals surface area contributed by atoms with Crippen LogP contribution in [0.1, 0.15) is 41.5 Å². The third-order valence-corrected chi connectivity index (χ3v) is 17.5. The monoisotopic (exact) mass is 592 g/mol. The maximum absolute atomic E-state index is 13.6. The van der Waals surface area contributed by atoms with Gasteiger partial charge in [-0.2, -0.15) is 0 Å². The molecule has 0 radical (unpaired) electrons. The minimum Gasteiger partial charge on any atom is -0.506 e. The maximum Gasteiger partial charge on any atom is 0.324 e. The normalized spacial score (nSPS) is 12.6. The van der Waals surface area contributed by atoms with Gasteiger partial charge in [-0.3, -0.25) is 0 Å². The summed E-state index contributed by atoms with van der Waals surface area (Å²) in [7, 11) is -6.22. The largest absolute Gasteiger partial charge is 0.506 e. The SMILES string of the molecule is CC(C)(C)[Si](OC(=O)/C=C/C(=O)O[Si](c1ccccc1)(c1ccccc1)C(C)(C)C)(c1ccccc1)c1ccccc1. The molecule has 0 heterocycles. The number of hydrogen-bond donors (Lipinski definition) is 0. The van der Waals surface area contributed by atoms with Crippen molar-refractivity contribution in [2.45, 2.75) is 51.6 Å². The van der Waals surface area contributed by atoms with Crippen LogP contribution in [0.15, 0.2) is 133 Å². The van der Waals surface area contributed by atoms with Crippen LogP contribution in [-0.2, 0) is 18.4 Å². The quantitative estimate of drug-likeness (QED) is 0.193. The molecule has 0 bridgehead atoms. The fourth-order valence-electron chi connectivity index (χ4n) is 5.80. The smallest absolute Gasteiger partial charge is 0.324 e. The molecule has 0 atom stereocenters. The summed E-state index contributed by atoms with van der Waals surface area (Å²) in [6.07, 6.45) is 2.44. The van der Waals surface area contributed by atoms with Crippen molar-refractivity contribution < 1.29 is 18.4 Å². The first-order chi connectivity index (χ1) is 19.9. The number of carbonyl (C=O) groups is 2. The van der Waals surface area contributed by atoms with Gasteiger partial charge in [0, 0.05) is 12.2 Å². The lowest BCUT2D eigenvalue weighted by Crippen LogP contribution is -2.67. The lowest BCUT2D eigenvalue weighted by Gasteiger charge is -2.42. The first kappa shape index (κ1) is 30.9. The van der Waals surface area contributed by atoms with Gasteiger partial charge < -0.3 is 8.85 Å². The Kier molecular flexibility index (Phi) is 9.19. The van der Waals surface area contributed by atoms with Crippen LogP contribution in [0.5, 0.6) is 0 Å². The summed E-state index contributed by atoms with van der Waals surface area (Å²) in [5.41, 5.74) is 0. The molecule has 4 rings (SSSR count). The average molecular weight is 593 g/mol. The Morgan fingerprint density at radius 2 is 0.667 bits per heavy atom. The van der Waals surface area contributed by atoms with Gasteiger partial charge in [0.05, 0.1) is 0 Å². The van der Waals surface area contributed by atoms with Gasteiger partial charge in [0.1, 0.15) is 0 Å². The van der Waals surface area contributed by atoms with Crippen molar-refractivity contribution in [3.63, 3.8) is 0 Å². The number of carbonyl (C=O) groups excluding carboxylic acids is 2. The van der Waals surface area contributed by atoms with E-state index in [4.69, 9.17) is 8.85 Å². The summed E-state index contributed by atoms with van der Waals surface area (Å²) >= 11 is 0. The number of hydrogen-bond acceptors (Lipinski definition) is 4. The van der Waals surface area contributed by atoms with Gasteiger partial charge in [0.2, 0.25) is 0 Å². The molecule has 4 aromatic carbocycles. The summed E-state index contributed by atoms with van der Waals surface area (Å²) < 4.78 is 13.0. The second kappa shape index (κ2) is 12.5. The molecular formula is C36H40O4Si2. The molecule has 0 N–H and O–H groups in total. The number of rotatable bonds is 8. The average Bonchev–Trinajstić information content (AvgIpc) is 2.98. The molecule has 6 heteroatoms. The molecule has 0 aliphatic heterocycles. The molecule has 0 saturated heterocycles. The van der Waals surface area contributed by atoms with Gasteiger partial charge in [-0.1, -0.05) is 163 Å². The molecule has 0 aliphatic carbocycles. The Hall–Kier alpha value is -4.01. The zero-order chi connectivity index (χ0) is 30.4. The molecule has 42 heavy (non-hydrogen) atoms. The van der Waals surface area contributed by atoms with E-state index < -0.39 is 28.6 Å². The zero-order valence-electron chi connectivity index (χ0n) is 25.3. The van der Waals surface area contributed by atoms with E-state index in [2.05, 4.69) is 41.5 Å². The van der Waals surface area contributed by atoms with Gasteiger partial charge >= 0.3 is 28.6 Å². The van der Waals surface area contributed by atoms with Crippen LogP contribution in [0.4, 0.5) is 0 Å². The second-order valence-corrected chi connectivity index (χ2v) is 20.9. The molecule has 0 unspecified atom stereocenters. The summed E-state index contributed by atoms with van der Waals surface area (Å²) in [5.74, 6) is -1.13. The fraction of sp³-hybridized carbons (Fsp3) is 0.222. The van der Waals surface area contributed by atoms with E-state index in [1.807, 2.05) is 121 Å². The standard InChI is InChI=1S/C36H40O4Si2/c1-35(2,3)41(29-19-11-7-12-20-29,30-21-13-8-14-22-30)39-33(37)27-28-34(38)40-42(36(4,5)6,31-23-15-9-16-24-31)32-25-17-10-18-26-32/h7-28H,1-6H3/b28-27+. The van der Waals surface area contributed by atoms with Crippen molar-refractivity contribution in [3.05, 3.63) is 133 Å². The molecule has 0 fully saturated rings. The molecule has 0 aliphatic rings. The Bertz CT molecular complexity index is 1310. The summed E-state index contributed by atoms with van der Waals surface area (Å²) in [5, 5.41) is 3.19. The summed E-state index contributed by atoms with van der Waals surface area (Å²) in [6, 6.07) is 39.8. The first-order valence-corrected chi connectivity index (χ1v) is 18.1. The summed E-state index contributed by atoms with van der Waals surface area (Å²) in [4.78, 5) is 27.2. The molecule has 4 aromatic rings. The van der Waals surface area contributed by atoms with Crippen molar-refractivity contribution in [2.24, 2.45) is 0 Å². The molecule has 4 nitrogen and oxygen atoms in total. The first-order valence-electron chi connectivity index (χ1n) is 14.3. The Morgan fingerprint density at radius 1 is 0.452 bits per heavy atom. The van der Waals surface area contributed by atoms with E-state index in [9.17, 15) is 9.59 Å². The predicted octanol–water partition coefficient (Wildman–Crippen LogP) is 5.75. The van der Waals surface area contributed by atoms with E-state index >= 15 is 0 Å². The third kappa shape index (κ3) is 6.10. The second-order valence-electron chi connectivity index (χ2n) is 12.5. The predicted molar refractivity (Wildman–Crippen MR) is 177 cm³/mol. The fourth-order valence-corrected chi connectivity index (χ4v) is 14.4. The van der Waals surface area contributed by atoms with E-state index in [0.29, 0.717) is 0 Å². The van der Waals surface area contributed by atoms with Crippen molar-refractivity contribution in [1.82, 2.24) is 0 Å². The molecular weight excluding hydrogens is 553 g/mol. The minimum atomic E-state index is -3.11. The topological polar surface area (TPSA) is 52.6 Å². The van der Waals surface area contributed by atoms with Crippen molar-refractivity contribution in [3.8, 4) is 0 Å². The van der Waals surface area contributed by atoms with Crippen LogP contribution >= 0.6 is 0 Å². The minimum absolute atomic E-state index is 0.380. The van der Waals surface area contributed by atoms with Gasteiger partial charge in [-0.15, -0.1) is 0 Å². The van der Waals surface area contributed by atoms with Crippen LogP contribution in [0.2, 0.25) is 10.1 Å². The Balaban J connectivity index is 1.71. The highest BCUT2D eigenvalue weighted by atomic mass is 28.4. The zero-order valence-corrected chi connectivity index (χ0v) is 27.3. The van der Waals surface area contributed by atoms with Gasteiger partial charge in [0.15, 0.2) is 0 Å². The van der Waals surface area contributed by atoms with Crippen molar-refractivity contribution >= 4 is 49.3 Å². The van der Waals surface area contributed by atoms with Gasteiger partial charge in [-0.25, -0.2) is 9.59 Å². The van der Waals surface area contributed by atoms with E-state index in [1.165, 1.54) is 12.2 Å². The molecule has 216 valence electrons. The van der Waals surface area contributed by atoms with Crippen molar-refractivity contribution in [1.29, 1.82) is 0 Å². The highest BCUT2D eigenvalue weighted by Crippen LogP contribution is 2.38. The van der Waals surface area contributed by atoms with Crippen LogP contribution in [0.25, 0.3) is 0 Å². The van der Waals surface area contributed by atoms with Crippen molar-refractivity contribution in [2.75, 3.05) is 0 Å². The Morgan fingerprint density at radius 3 is 0.857 bits per heavy atom. The molecule has 0 aromatic heterocycles. The van der Waals surface area contributed by atoms with Crippen LogP contribution in [0, 0.1) is 0 Å². The number of benzene rings is 4. The van der Waals surface area contributed by atoms with Crippen LogP contribution < -0.4 is 20.7 Å². The highest BCUT2D eigenvalue weighted by Gasteiger charge is 2.54. The van der Waals surface area contributed by atoms with Gasteiger partial charge in [0.25, 0.3) is 0 Å². The summed E-state index contributed by atoms with van der Waals surface area (Å²) in [6.45, 7) is 12.6. The van der Waals surface area contributed by atoms with E-state index in [1.54, 1.807) is 0 Å². The highest BCUT2D eigenvalue weighted by molar-refractivity contribution is 7.01.